The average molecular weight is 281 g/mol. The van der Waals surface area contributed by atoms with Gasteiger partial charge in [0, 0.05) is 13.1 Å². The molecule has 0 radical (unpaired) electrons. The van der Waals surface area contributed by atoms with Gasteiger partial charge < -0.3 is 5.11 Å². The minimum Gasteiger partial charge on any atom is -0.391 e. The van der Waals surface area contributed by atoms with Crippen LogP contribution in [-0.2, 0) is 19.4 Å². The Balaban J connectivity index is 1.60. The van der Waals surface area contributed by atoms with Crippen molar-refractivity contribution in [2.45, 2.75) is 31.9 Å². The number of hydrogen-bond donors (Lipinski definition) is 1. The predicted octanol–water partition coefficient (Wildman–Crippen LogP) is 3.04. The van der Waals surface area contributed by atoms with Gasteiger partial charge in [0.1, 0.15) is 0 Å². The standard InChI is InChI=1S/C19H23NO/c21-19(13-16-7-2-1-3-8-16)15-20-12-6-11-17-9-4-5-10-18(17)14-20/h1-5,7-10,19,21H,6,11-15H2/t19-/m0/s1. The number of aliphatic hydroxyl groups excluding tert-OH is 1. The van der Waals surface area contributed by atoms with Crippen molar-refractivity contribution in [3.63, 3.8) is 0 Å². The molecule has 0 spiro atoms. The van der Waals surface area contributed by atoms with E-state index in [1.54, 1.807) is 0 Å². The normalized spacial score (nSPS) is 17.0. The average Bonchev–Trinajstić information content (AvgIpc) is 2.69. The van der Waals surface area contributed by atoms with Crippen LogP contribution in [0.1, 0.15) is 23.1 Å². The Morgan fingerprint density at radius 2 is 1.67 bits per heavy atom. The molecular formula is C19H23NO. The Kier molecular flexibility index (Phi) is 4.69. The van der Waals surface area contributed by atoms with Crippen molar-refractivity contribution < 1.29 is 5.11 Å². The summed E-state index contributed by atoms with van der Waals surface area (Å²) in [5.41, 5.74) is 4.10. The molecular weight excluding hydrogens is 258 g/mol. The van der Waals surface area contributed by atoms with Crippen LogP contribution >= 0.6 is 0 Å². The number of β-amino-alcohol motifs (C(OH)–C–C–N with tert-alkyl or cyclic N) is 1. The molecule has 0 saturated heterocycles. The highest BCUT2D eigenvalue weighted by Crippen LogP contribution is 2.18. The summed E-state index contributed by atoms with van der Waals surface area (Å²) >= 11 is 0. The zero-order chi connectivity index (χ0) is 14.5. The van der Waals surface area contributed by atoms with Gasteiger partial charge in [-0.3, -0.25) is 4.90 Å². The molecule has 0 bridgehead atoms. The molecule has 3 rings (SSSR count). The first-order valence-corrected chi connectivity index (χ1v) is 7.82. The molecule has 110 valence electrons. The van der Waals surface area contributed by atoms with Crippen molar-refractivity contribution in [2.75, 3.05) is 13.1 Å². The summed E-state index contributed by atoms with van der Waals surface area (Å²) in [6.45, 7) is 2.78. The summed E-state index contributed by atoms with van der Waals surface area (Å²) in [7, 11) is 0. The minimum absolute atomic E-state index is 0.294. The molecule has 2 nitrogen and oxygen atoms in total. The second-order valence-electron chi connectivity index (χ2n) is 5.95. The number of fused-ring (bicyclic) bond motifs is 1. The summed E-state index contributed by atoms with van der Waals surface area (Å²) in [6, 6.07) is 18.9. The smallest absolute Gasteiger partial charge is 0.0707 e. The molecule has 0 aliphatic carbocycles. The quantitative estimate of drug-likeness (QED) is 0.931. The van der Waals surface area contributed by atoms with Gasteiger partial charge in [0.15, 0.2) is 0 Å². The number of nitrogens with zero attached hydrogens (tertiary/aromatic N) is 1. The van der Waals surface area contributed by atoms with E-state index in [1.165, 1.54) is 23.1 Å². The van der Waals surface area contributed by atoms with E-state index >= 15 is 0 Å². The monoisotopic (exact) mass is 281 g/mol. The highest BCUT2D eigenvalue weighted by Gasteiger charge is 2.17. The fourth-order valence-electron chi connectivity index (χ4n) is 3.17. The third-order valence-electron chi connectivity index (χ3n) is 4.22. The van der Waals surface area contributed by atoms with Crippen molar-refractivity contribution in [2.24, 2.45) is 0 Å². The molecule has 2 aromatic carbocycles. The van der Waals surface area contributed by atoms with E-state index in [0.717, 1.165) is 32.5 Å². The number of aliphatic hydroxyl groups is 1. The lowest BCUT2D eigenvalue weighted by molar-refractivity contribution is 0.109. The molecule has 0 fully saturated rings. The first-order chi connectivity index (χ1) is 10.3. The molecule has 1 heterocycles. The zero-order valence-corrected chi connectivity index (χ0v) is 12.4. The Labute approximate surface area is 127 Å². The van der Waals surface area contributed by atoms with E-state index in [2.05, 4.69) is 41.3 Å². The fraction of sp³-hybridized carbons (Fsp3) is 0.368. The highest BCUT2D eigenvalue weighted by atomic mass is 16.3. The summed E-state index contributed by atoms with van der Waals surface area (Å²) in [4.78, 5) is 2.39. The fourth-order valence-corrected chi connectivity index (χ4v) is 3.17. The molecule has 0 unspecified atom stereocenters. The van der Waals surface area contributed by atoms with Crippen LogP contribution < -0.4 is 0 Å². The number of rotatable bonds is 4. The first-order valence-electron chi connectivity index (χ1n) is 7.82. The van der Waals surface area contributed by atoms with Gasteiger partial charge in [-0.25, -0.2) is 0 Å². The Hall–Kier alpha value is -1.64. The van der Waals surface area contributed by atoms with E-state index in [4.69, 9.17) is 0 Å². The van der Waals surface area contributed by atoms with Crippen LogP contribution in [0.3, 0.4) is 0 Å². The van der Waals surface area contributed by atoms with Gasteiger partial charge in [0.05, 0.1) is 6.10 Å². The predicted molar refractivity (Wildman–Crippen MR) is 86.2 cm³/mol. The molecule has 21 heavy (non-hydrogen) atoms. The molecule has 1 N–H and O–H groups in total. The number of aryl methyl sites for hydroxylation is 1. The Morgan fingerprint density at radius 1 is 0.952 bits per heavy atom. The van der Waals surface area contributed by atoms with E-state index in [0.29, 0.717) is 0 Å². The molecule has 1 aliphatic heterocycles. The maximum Gasteiger partial charge on any atom is 0.0707 e. The molecule has 0 aromatic heterocycles. The lowest BCUT2D eigenvalue weighted by atomic mass is 10.0. The maximum absolute atomic E-state index is 10.4. The lowest BCUT2D eigenvalue weighted by Crippen LogP contribution is -2.33. The second kappa shape index (κ2) is 6.88. The summed E-state index contributed by atoms with van der Waals surface area (Å²) in [5.74, 6) is 0. The SMILES string of the molecule is O[C@@H](Cc1ccccc1)CN1CCCc2ccccc2C1. The molecule has 2 aromatic rings. The van der Waals surface area contributed by atoms with Crippen LogP contribution in [0.5, 0.6) is 0 Å². The van der Waals surface area contributed by atoms with E-state index in [9.17, 15) is 5.11 Å². The van der Waals surface area contributed by atoms with Gasteiger partial charge in [-0.2, -0.15) is 0 Å². The van der Waals surface area contributed by atoms with Crippen molar-refractivity contribution in [3.05, 3.63) is 71.3 Å². The van der Waals surface area contributed by atoms with Crippen molar-refractivity contribution in [3.8, 4) is 0 Å². The summed E-state index contributed by atoms with van der Waals surface area (Å²) in [6.07, 6.45) is 2.77. The van der Waals surface area contributed by atoms with Crippen molar-refractivity contribution >= 4 is 0 Å². The highest BCUT2D eigenvalue weighted by molar-refractivity contribution is 5.28. The molecule has 0 amide bonds. The first kappa shape index (κ1) is 14.3. The largest absolute Gasteiger partial charge is 0.391 e. The Bertz CT molecular complexity index is 567. The van der Waals surface area contributed by atoms with Crippen LogP contribution in [0, 0.1) is 0 Å². The Morgan fingerprint density at radius 3 is 2.48 bits per heavy atom. The van der Waals surface area contributed by atoms with E-state index in [-0.39, 0.29) is 6.10 Å². The maximum atomic E-state index is 10.4. The molecule has 2 heteroatoms. The minimum atomic E-state index is -0.294. The zero-order valence-electron chi connectivity index (χ0n) is 12.4. The van der Waals surface area contributed by atoms with Gasteiger partial charge in [-0.05, 0) is 42.5 Å². The van der Waals surface area contributed by atoms with Gasteiger partial charge in [0.25, 0.3) is 0 Å². The molecule has 1 aliphatic rings. The van der Waals surface area contributed by atoms with Crippen LogP contribution in [-0.4, -0.2) is 29.2 Å². The second-order valence-corrected chi connectivity index (χ2v) is 5.95. The van der Waals surface area contributed by atoms with Crippen LogP contribution in [0.4, 0.5) is 0 Å². The third kappa shape index (κ3) is 3.93. The van der Waals surface area contributed by atoms with Gasteiger partial charge in [-0.15, -0.1) is 0 Å². The van der Waals surface area contributed by atoms with Gasteiger partial charge >= 0.3 is 0 Å². The van der Waals surface area contributed by atoms with E-state index < -0.39 is 0 Å². The van der Waals surface area contributed by atoms with Crippen LogP contribution in [0.2, 0.25) is 0 Å². The summed E-state index contributed by atoms with van der Waals surface area (Å²) in [5, 5.41) is 10.4. The lowest BCUT2D eigenvalue weighted by Gasteiger charge is -2.23. The molecule has 1 atom stereocenters. The van der Waals surface area contributed by atoms with E-state index in [1.807, 2.05) is 18.2 Å². The number of benzene rings is 2. The third-order valence-corrected chi connectivity index (χ3v) is 4.22. The number of hydrogen-bond acceptors (Lipinski definition) is 2. The van der Waals surface area contributed by atoms with Crippen molar-refractivity contribution in [1.82, 2.24) is 4.90 Å². The van der Waals surface area contributed by atoms with Crippen LogP contribution in [0.25, 0.3) is 0 Å². The van der Waals surface area contributed by atoms with Gasteiger partial charge in [0.2, 0.25) is 0 Å². The van der Waals surface area contributed by atoms with Crippen molar-refractivity contribution in [1.29, 1.82) is 0 Å². The van der Waals surface area contributed by atoms with Crippen LogP contribution in [0.15, 0.2) is 54.6 Å². The van der Waals surface area contributed by atoms with Gasteiger partial charge in [-0.1, -0.05) is 54.6 Å². The topological polar surface area (TPSA) is 23.5 Å². The summed E-state index contributed by atoms with van der Waals surface area (Å²) < 4.78 is 0. The molecule has 0 saturated carbocycles.